The van der Waals surface area contributed by atoms with Gasteiger partial charge in [-0.3, -0.25) is 4.79 Å². The molecule has 3 rings (SSSR count). The average molecular weight is 1260 g/mol. The summed E-state index contributed by atoms with van der Waals surface area (Å²) in [5.41, 5.74) is 0. The third-order valence-corrected chi connectivity index (χ3v) is 18.0. The second-order valence-electron chi connectivity index (χ2n) is 25.7. The SMILES string of the molecule is CCCCCCCCCCC/C=C/CC/C=C/C(O)C(COC1OC(CO)C(OC2OC(CO)C(OC3OC(CO)C(O)C(O)C3O)C(O)C2O)C(O)C1O)NC(=O)CCCCCCCCCCCCCCCCCCCCCCCCCCCCCC. The Morgan fingerprint density at radius 3 is 1.14 bits per heavy atom. The van der Waals surface area contributed by atoms with E-state index in [4.69, 9.17) is 28.4 Å². The molecular weight excluding hydrogens is 1130 g/mol. The Balaban J connectivity index is 1.40. The zero-order valence-corrected chi connectivity index (χ0v) is 54.7. The van der Waals surface area contributed by atoms with Crippen molar-refractivity contribution in [2.75, 3.05) is 26.4 Å². The number of nitrogens with one attached hydrogen (secondary N) is 1. The summed E-state index contributed by atoms with van der Waals surface area (Å²) in [6.07, 6.45) is 31.7. The van der Waals surface area contributed by atoms with Crippen LogP contribution < -0.4 is 5.32 Å². The topological polar surface area (TPSA) is 307 Å². The van der Waals surface area contributed by atoms with E-state index in [0.717, 1.165) is 38.5 Å². The first kappa shape index (κ1) is 80.5. The summed E-state index contributed by atoms with van der Waals surface area (Å²) in [5, 5.41) is 120. The third kappa shape index (κ3) is 33.4. The van der Waals surface area contributed by atoms with Crippen LogP contribution in [0.25, 0.3) is 0 Å². The molecule has 0 aromatic heterocycles. The highest BCUT2D eigenvalue weighted by atomic mass is 16.8. The number of aliphatic hydroxyl groups excluding tert-OH is 11. The molecule has 0 spiro atoms. The maximum atomic E-state index is 13.4. The molecule has 3 heterocycles. The van der Waals surface area contributed by atoms with Crippen molar-refractivity contribution in [3.05, 3.63) is 24.3 Å². The molecule has 17 unspecified atom stereocenters. The van der Waals surface area contributed by atoms with Crippen LogP contribution in [0.2, 0.25) is 0 Å². The minimum Gasteiger partial charge on any atom is -0.394 e. The average Bonchev–Trinajstić information content (AvgIpc) is 3.57. The third-order valence-electron chi connectivity index (χ3n) is 18.0. The van der Waals surface area contributed by atoms with E-state index < -0.39 is 124 Å². The molecule has 0 saturated carbocycles. The second kappa shape index (κ2) is 51.7. The van der Waals surface area contributed by atoms with Crippen LogP contribution in [0.1, 0.15) is 277 Å². The van der Waals surface area contributed by atoms with Gasteiger partial charge in [-0.15, -0.1) is 0 Å². The summed E-state index contributed by atoms with van der Waals surface area (Å²) >= 11 is 0. The number of hydrogen-bond donors (Lipinski definition) is 12. The van der Waals surface area contributed by atoms with Gasteiger partial charge in [0.25, 0.3) is 0 Å². The molecule has 3 aliphatic rings. The number of hydrogen-bond acceptors (Lipinski definition) is 18. The van der Waals surface area contributed by atoms with E-state index in [1.54, 1.807) is 6.08 Å². The zero-order chi connectivity index (χ0) is 64.0. The van der Waals surface area contributed by atoms with Crippen molar-refractivity contribution in [1.29, 1.82) is 0 Å². The molecule has 19 nitrogen and oxygen atoms in total. The van der Waals surface area contributed by atoms with Crippen molar-refractivity contribution < 1.29 is 89.4 Å². The van der Waals surface area contributed by atoms with Gasteiger partial charge in [0, 0.05) is 6.42 Å². The quantitative estimate of drug-likeness (QED) is 0.0199. The number of carbonyl (C=O) groups is 1. The fourth-order valence-electron chi connectivity index (χ4n) is 12.2. The van der Waals surface area contributed by atoms with E-state index in [2.05, 4.69) is 31.3 Å². The molecule has 0 aromatic carbocycles. The molecule has 19 heteroatoms. The van der Waals surface area contributed by atoms with Gasteiger partial charge in [-0.25, -0.2) is 0 Å². The minimum absolute atomic E-state index is 0.241. The molecule has 12 N–H and O–H groups in total. The number of amides is 1. The lowest BCUT2D eigenvalue weighted by atomic mass is 9.96. The smallest absolute Gasteiger partial charge is 0.220 e. The van der Waals surface area contributed by atoms with E-state index >= 15 is 0 Å². The first-order valence-corrected chi connectivity index (χ1v) is 35.6. The van der Waals surface area contributed by atoms with E-state index in [1.807, 2.05) is 6.08 Å². The molecule has 0 aliphatic carbocycles. The Labute approximate surface area is 530 Å². The lowest BCUT2D eigenvalue weighted by Gasteiger charge is -2.48. The van der Waals surface area contributed by atoms with E-state index in [9.17, 15) is 61.0 Å². The molecule has 17 atom stereocenters. The second-order valence-corrected chi connectivity index (χ2v) is 25.7. The summed E-state index contributed by atoms with van der Waals surface area (Å²) in [5.74, 6) is -0.280. The Morgan fingerprint density at radius 1 is 0.398 bits per heavy atom. The first-order chi connectivity index (χ1) is 42.8. The summed E-state index contributed by atoms with van der Waals surface area (Å²) in [6.45, 7) is 1.74. The van der Waals surface area contributed by atoms with Gasteiger partial charge in [-0.1, -0.05) is 263 Å². The molecule has 0 radical (unpaired) electrons. The monoisotopic (exact) mass is 1260 g/mol. The maximum absolute atomic E-state index is 13.4. The van der Waals surface area contributed by atoms with Gasteiger partial charge in [0.1, 0.15) is 73.2 Å². The lowest BCUT2D eigenvalue weighted by Crippen LogP contribution is -2.66. The van der Waals surface area contributed by atoms with Gasteiger partial charge < -0.3 is 89.9 Å². The Hall–Kier alpha value is -1.73. The molecule has 88 heavy (non-hydrogen) atoms. The molecule has 0 aromatic rings. The van der Waals surface area contributed by atoms with Gasteiger partial charge in [0.15, 0.2) is 18.9 Å². The van der Waals surface area contributed by atoms with Crippen molar-refractivity contribution in [2.45, 2.75) is 381 Å². The molecular formula is C69H129NO18. The van der Waals surface area contributed by atoms with Crippen LogP contribution in [0.5, 0.6) is 0 Å². The minimum atomic E-state index is -1.98. The summed E-state index contributed by atoms with van der Waals surface area (Å²) in [4.78, 5) is 13.4. The molecule has 1 amide bonds. The fourth-order valence-corrected chi connectivity index (χ4v) is 12.2. The van der Waals surface area contributed by atoms with E-state index in [-0.39, 0.29) is 18.9 Å². The maximum Gasteiger partial charge on any atom is 0.220 e. The van der Waals surface area contributed by atoms with Crippen molar-refractivity contribution in [3.8, 4) is 0 Å². The van der Waals surface area contributed by atoms with Crippen molar-refractivity contribution in [3.63, 3.8) is 0 Å². The highest BCUT2D eigenvalue weighted by Gasteiger charge is 2.53. The van der Waals surface area contributed by atoms with Gasteiger partial charge in [-0.05, 0) is 32.1 Å². The van der Waals surface area contributed by atoms with Crippen LogP contribution in [-0.4, -0.2) is 193 Å². The standard InChI is InChI=1S/C69H129NO18/c1-3-5-7-9-11-13-15-17-19-20-21-22-23-24-25-26-27-28-29-30-31-33-35-37-39-41-43-45-47-57(75)70-52(53(74)46-44-42-40-38-36-34-32-18-16-14-12-10-8-6-4-2)51-83-67-63(81)60(78)65(55(49-72)85-67)88-69-64(82)61(79)66(56(50-73)86-69)87-68-62(80)59(77)58(76)54(48-71)84-68/h36,38,44,46,52-56,58-69,71-74,76-82H,3-35,37,39-43,45,47-51H2,1-2H3,(H,70,75)/b38-36+,46-44+. The van der Waals surface area contributed by atoms with Crippen LogP contribution in [0, 0.1) is 0 Å². The largest absolute Gasteiger partial charge is 0.394 e. The lowest BCUT2D eigenvalue weighted by molar-refractivity contribution is -0.379. The van der Waals surface area contributed by atoms with Crippen LogP contribution in [0.4, 0.5) is 0 Å². The van der Waals surface area contributed by atoms with Gasteiger partial charge in [-0.2, -0.15) is 0 Å². The Kier molecular flexibility index (Phi) is 47.3. The van der Waals surface area contributed by atoms with Crippen molar-refractivity contribution >= 4 is 5.91 Å². The summed E-state index contributed by atoms with van der Waals surface area (Å²) in [6, 6.07) is -0.986. The molecule has 3 saturated heterocycles. The summed E-state index contributed by atoms with van der Waals surface area (Å²) in [7, 11) is 0. The predicted octanol–water partition coefficient (Wildman–Crippen LogP) is 9.44. The first-order valence-electron chi connectivity index (χ1n) is 35.6. The molecule has 0 bridgehead atoms. The van der Waals surface area contributed by atoms with Crippen molar-refractivity contribution in [1.82, 2.24) is 5.32 Å². The van der Waals surface area contributed by atoms with Crippen LogP contribution >= 0.6 is 0 Å². The van der Waals surface area contributed by atoms with Crippen molar-refractivity contribution in [2.24, 2.45) is 0 Å². The van der Waals surface area contributed by atoms with Gasteiger partial charge in [0.05, 0.1) is 38.6 Å². The van der Waals surface area contributed by atoms with Gasteiger partial charge in [0.2, 0.25) is 5.91 Å². The molecule has 3 fully saturated rings. The normalized spacial score (nSPS) is 28.5. The van der Waals surface area contributed by atoms with E-state index in [0.29, 0.717) is 12.8 Å². The van der Waals surface area contributed by atoms with Crippen LogP contribution in [0.3, 0.4) is 0 Å². The predicted molar refractivity (Wildman–Crippen MR) is 342 cm³/mol. The molecule has 3 aliphatic heterocycles. The Morgan fingerprint density at radius 2 is 0.727 bits per heavy atom. The molecule has 518 valence electrons. The van der Waals surface area contributed by atoms with Crippen LogP contribution in [0.15, 0.2) is 24.3 Å². The number of carbonyl (C=O) groups excluding carboxylic acids is 1. The number of ether oxygens (including phenoxy) is 6. The fraction of sp³-hybridized carbons (Fsp3) is 0.928. The highest BCUT2D eigenvalue weighted by Crippen LogP contribution is 2.33. The number of unbranched alkanes of at least 4 members (excludes halogenated alkanes) is 37. The number of aliphatic hydroxyl groups is 11. The van der Waals surface area contributed by atoms with Gasteiger partial charge >= 0.3 is 0 Å². The highest BCUT2D eigenvalue weighted by molar-refractivity contribution is 5.76. The van der Waals surface area contributed by atoms with Crippen LogP contribution in [-0.2, 0) is 33.2 Å². The summed E-state index contributed by atoms with van der Waals surface area (Å²) < 4.78 is 34.3. The number of rotatable bonds is 55. The van der Waals surface area contributed by atoms with E-state index in [1.165, 1.54) is 205 Å². The number of allylic oxidation sites excluding steroid dienone is 3. The Bertz CT molecular complexity index is 1690. The zero-order valence-electron chi connectivity index (χ0n) is 54.7.